The highest BCUT2D eigenvalue weighted by atomic mass is 16.1. The van der Waals surface area contributed by atoms with Gasteiger partial charge < -0.3 is 11.1 Å². The lowest BCUT2D eigenvalue weighted by Gasteiger charge is -2.22. The lowest BCUT2D eigenvalue weighted by molar-refractivity contribution is -0.120. The quantitative estimate of drug-likeness (QED) is 0.831. The number of nitrogens with two attached hydrogens (primary N) is 1. The van der Waals surface area contributed by atoms with Crippen molar-refractivity contribution in [2.75, 3.05) is 5.32 Å². The zero-order chi connectivity index (χ0) is 15.2. The molecular formula is C18H28N2O. The lowest BCUT2D eigenvalue weighted by Crippen LogP contribution is -2.38. The predicted molar refractivity (Wildman–Crippen MR) is 88.4 cm³/mol. The van der Waals surface area contributed by atoms with Crippen LogP contribution in [-0.2, 0) is 17.6 Å². The molecule has 0 aliphatic heterocycles. The summed E-state index contributed by atoms with van der Waals surface area (Å²) in [5.74, 6) is 0.0714. The number of benzene rings is 1. The smallest absolute Gasteiger partial charge is 0.229 e. The van der Waals surface area contributed by atoms with E-state index in [1.165, 1.54) is 17.5 Å². The predicted octanol–water partition coefficient (Wildman–Crippen LogP) is 3.66. The summed E-state index contributed by atoms with van der Waals surface area (Å²) in [6, 6.07) is 6.28. The van der Waals surface area contributed by atoms with E-state index in [0.717, 1.165) is 44.2 Å². The van der Waals surface area contributed by atoms with Crippen molar-refractivity contribution in [1.29, 1.82) is 0 Å². The third-order valence-electron chi connectivity index (χ3n) is 4.65. The van der Waals surface area contributed by atoms with Gasteiger partial charge in [-0.25, -0.2) is 0 Å². The average molecular weight is 288 g/mol. The Labute approximate surface area is 128 Å². The largest absolute Gasteiger partial charge is 0.327 e. The standard InChI is InChI=1S/C18H28N2O/c1-3-13-9-8-10-14(4-2)17(13)20-18(21)15-11-6-5-7-12-16(15)19/h8-10,15-16H,3-7,11-12,19H2,1-2H3,(H,20,21). The Kier molecular flexibility index (Phi) is 5.80. The van der Waals surface area contributed by atoms with Crippen molar-refractivity contribution < 1.29 is 4.79 Å². The van der Waals surface area contributed by atoms with Crippen molar-refractivity contribution in [1.82, 2.24) is 0 Å². The molecule has 2 unspecified atom stereocenters. The highest BCUT2D eigenvalue weighted by Crippen LogP contribution is 2.27. The van der Waals surface area contributed by atoms with Crippen LogP contribution < -0.4 is 11.1 Å². The molecule has 1 aromatic carbocycles. The number of hydrogen-bond acceptors (Lipinski definition) is 2. The van der Waals surface area contributed by atoms with E-state index in [0.29, 0.717) is 0 Å². The Hall–Kier alpha value is -1.35. The van der Waals surface area contributed by atoms with Crippen LogP contribution in [0.3, 0.4) is 0 Å². The molecule has 3 nitrogen and oxygen atoms in total. The van der Waals surface area contributed by atoms with E-state index in [-0.39, 0.29) is 17.9 Å². The zero-order valence-electron chi connectivity index (χ0n) is 13.3. The molecule has 21 heavy (non-hydrogen) atoms. The number of hydrogen-bond donors (Lipinski definition) is 2. The van der Waals surface area contributed by atoms with Gasteiger partial charge in [-0.3, -0.25) is 4.79 Å². The summed E-state index contributed by atoms with van der Waals surface area (Å²) in [6.45, 7) is 4.25. The zero-order valence-corrected chi connectivity index (χ0v) is 13.3. The number of aryl methyl sites for hydroxylation is 2. The van der Waals surface area contributed by atoms with Gasteiger partial charge in [0.25, 0.3) is 0 Å². The van der Waals surface area contributed by atoms with Crippen LogP contribution in [0.4, 0.5) is 5.69 Å². The number of para-hydroxylation sites is 1. The van der Waals surface area contributed by atoms with Crippen LogP contribution in [0.2, 0.25) is 0 Å². The van der Waals surface area contributed by atoms with Crippen LogP contribution in [0.25, 0.3) is 0 Å². The summed E-state index contributed by atoms with van der Waals surface area (Å²) in [6.07, 6.45) is 7.21. The molecule has 0 bridgehead atoms. The fourth-order valence-electron chi connectivity index (χ4n) is 3.28. The van der Waals surface area contributed by atoms with Gasteiger partial charge in [-0.15, -0.1) is 0 Å². The highest BCUT2D eigenvalue weighted by Gasteiger charge is 2.27. The highest BCUT2D eigenvalue weighted by molar-refractivity contribution is 5.94. The minimum Gasteiger partial charge on any atom is -0.327 e. The monoisotopic (exact) mass is 288 g/mol. The molecule has 1 saturated carbocycles. The van der Waals surface area contributed by atoms with E-state index >= 15 is 0 Å². The first-order valence-corrected chi connectivity index (χ1v) is 8.34. The molecule has 116 valence electrons. The van der Waals surface area contributed by atoms with Gasteiger partial charge in [0.2, 0.25) is 5.91 Å². The van der Waals surface area contributed by atoms with Gasteiger partial charge in [-0.2, -0.15) is 0 Å². The van der Waals surface area contributed by atoms with Crippen LogP contribution in [0.1, 0.15) is 57.1 Å². The summed E-state index contributed by atoms with van der Waals surface area (Å²) in [7, 11) is 0. The Morgan fingerprint density at radius 2 is 1.76 bits per heavy atom. The maximum absolute atomic E-state index is 12.7. The second-order valence-electron chi connectivity index (χ2n) is 6.06. The number of carbonyl (C=O) groups excluding carboxylic acids is 1. The summed E-state index contributed by atoms with van der Waals surface area (Å²) in [5.41, 5.74) is 9.66. The fourth-order valence-corrected chi connectivity index (χ4v) is 3.28. The van der Waals surface area contributed by atoms with E-state index in [4.69, 9.17) is 5.73 Å². The van der Waals surface area contributed by atoms with Crippen molar-refractivity contribution in [3.63, 3.8) is 0 Å². The molecule has 0 radical (unpaired) electrons. The van der Waals surface area contributed by atoms with Crippen LogP contribution in [0.5, 0.6) is 0 Å². The minimum atomic E-state index is -0.0397. The maximum atomic E-state index is 12.7. The third kappa shape index (κ3) is 3.85. The van der Waals surface area contributed by atoms with Crippen molar-refractivity contribution in [2.45, 2.75) is 64.8 Å². The summed E-state index contributed by atoms with van der Waals surface area (Å²) in [5, 5.41) is 3.19. The molecule has 1 aliphatic rings. The first-order valence-electron chi connectivity index (χ1n) is 8.34. The van der Waals surface area contributed by atoms with E-state index in [2.05, 4.69) is 37.4 Å². The number of amides is 1. The molecule has 1 amide bonds. The summed E-state index contributed by atoms with van der Waals surface area (Å²) < 4.78 is 0. The van der Waals surface area contributed by atoms with Crippen LogP contribution >= 0.6 is 0 Å². The van der Waals surface area contributed by atoms with Crippen LogP contribution in [0.15, 0.2) is 18.2 Å². The molecule has 0 saturated heterocycles. The van der Waals surface area contributed by atoms with E-state index in [9.17, 15) is 4.79 Å². The van der Waals surface area contributed by atoms with Gasteiger partial charge in [0.15, 0.2) is 0 Å². The van der Waals surface area contributed by atoms with Gasteiger partial charge in [-0.1, -0.05) is 51.3 Å². The SMILES string of the molecule is CCc1cccc(CC)c1NC(=O)C1CCCCCC1N. The van der Waals surface area contributed by atoms with Gasteiger partial charge in [-0.05, 0) is 36.8 Å². The van der Waals surface area contributed by atoms with Crippen molar-refractivity contribution >= 4 is 11.6 Å². The molecule has 1 fully saturated rings. The molecule has 0 spiro atoms. The van der Waals surface area contributed by atoms with Crippen molar-refractivity contribution in [2.24, 2.45) is 11.7 Å². The first kappa shape index (κ1) is 16.0. The molecule has 0 heterocycles. The van der Waals surface area contributed by atoms with Gasteiger partial charge >= 0.3 is 0 Å². The van der Waals surface area contributed by atoms with E-state index in [1.807, 2.05) is 0 Å². The van der Waals surface area contributed by atoms with Crippen LogP contribution in [0, 0.1) is 5.92 Å². The maximum Gasteiger partial charge on any atom is 0.229 e. The first-order chi connectivity index (χ1) is 10.2. The average Bonchev–Trinajstić information content (AvgIpc) is 2.72. The van der Waals surface area contributed by atoms with Gasteiger partial charge in [0.1, 0.15) is 0 Å². The van der Waals surface area contributed by atoms with Crippen LogP contribution in [-0.4, -0.2) is 11.9 Å². The Morgan fingerprint density at radius 3 is 2.38 bits per heavy atom. The number of nitrogens with one attached hydrogen (secondary N) is 1. The molecule has 3 N–H and O–H groups in total. The third-order valence-corrected chi connectivity index (χ3v) is 4.65. The lowest BCUT2D eigenvalue weighted by atomic mass is 9.94. The normalized spacial score (nSPS) is 22.6. The molecule has 1 aliphatic carbocycles. The second kappa shape index (κ2) is 7.60. The second-order valence-corrected chi connectivity index (χ2v) is 6.06. The molecule has 2 atom stereocenters. The van der Waals surface area contributed by atoms with E-state index in [1.54, 1.807) is 0 Å². The van der Waals surface area contributed by atoms with Gasteiger partial charge in [0.05, 0.1) is 5.92 Å². The fraction of sp³-hybridized carbons (Fsp3) is 0.611. The van der Waals surface area contributed by atoms with E-state index < -0.39 is 0 Å². The van der Waals surface area contributed by atoms with Gasteiger partial charge in [0, 0.05) is 11.7 Å². The summed E-state index contributed by atoms with van der Waals surface area (Å²) in [4.78, 5) is 12.7. The molecule has 3 heteroatoms. The number of carbonyl (C=O) groups is 1. The van der Waals surface area contributed by atoms with Crippen molar-refractivity contribution in [3.05, 3.63) is 29.3 Å². The molecule has 2 rings (SSSR count). The molecule has 0 aromatic heterocycles. The molecular weight excluding hydrogens is 260 g/mol. The van der Waals surface area contributed by atoms with Crippen molar-refractivity contribution in [3.8, 4) is 0 Å². The molecule has 1 aromatic rings. The number of rotatable bonds is 4. The topological polar surface area (TPSA) is 55.1 Å². The Morgan fingerprint density at radius 1 is 1.14 bits per heavy atom. The Balaban J connectivity index is 2.18. The Bertz CT molecular complexity index is 462. The minimum absolute atomic E-state index is 0.00589. The number of anilines is 1. The summed E-state index contributed by atoms with van der Waals surface area (Å²) >= 11 is 0.